The van der Waals surface area contributed by atoms with Crippen molar-refractivity contribution in [3.05, 3.63) is 52.1 Å². The molecule has 1 aliphatic rings. The summed E-state index contributed by atoms with van der Waals surface area (Å²) in [7, 11) is 1.37. The highest BCUT2D eigenvalue weighted by atomic mass is 16.6. The van der Waals surface area contributed by atoms with Gasteiger partial charge < -0.3 is 4.74 Å². The molecule has 1 aromatic rings. The molecule has 0 radical (unpaired) electrons. The summed E-state index contributed by atoms with van der Waals surface area (Å²) in [5.41, 5.74) is 1.30. The van der Waals surface area contributed by atoms with Gasteiger partial charge in [0.05, 0.1) is 12.0 Å². The first-order valence-electron chi connectivity index (χ1n) is 7.10. The molecule has 0 amide bonds. The highest BCUT2D eigenvalue weighted by Gasteiger charge is 2.21. The smallest absolute Gasteiger partial charge is 0.330 e. The van der Waals surface area contributed by atoms with E-state index in [-0.39, 0.29) is 16.6 Å². The van der Waals surface area contributed by atoms with E-state index in [1.54, 1.807) is 12.1 Å². The Morgan fingerprint density at radius 3 is 2.38 bits per heavy atom. The summed E-state index contributed by atoms with van der Waals surface area (Å²) < 4.78 is 4.58. The van der Waals surface area contributed by atoms with Crippen molar-refractivity contribution in [1.82, 2.24) is 0 Å². The van der Waals surface area contributed by atoms with Crippen molar-refractivity contribution in [2.75, 3.05) is 7.11 Å². The Kier molecular flexibility index (Phi) is 5.09. The molecule has 0 bridgehead atoms. The maximum atomic E-state index is 11.1. The van der Waals surface area contributed by atoms with E-state index in [9.17, 15) is 14.9 Å². The van der Waals surface area contributed by atoms with Crippen LogP contribution >= 0.6 is 0 Å². The molecule has 5 heteroatoms. The Bertz CT molecular complexity index is 528. The van der Waals surface area contributed by atoms with Crippen LogP contribution in [0.25, 0.3) is 0 Å². The Labute approximate surface area is 123 Å². The van der Waals surface area contributed by atoms with Gasteiger partial charge in [0.25, 0.3) is 5.69 Å². The molecule has 0 heterocycles. The third-order valence-electron chi connectivity index (χ3n) is 4.05. The predicted molar refractivity (Wildman–Crippen MR) is 79.0 cm³/mol. The number of rotatable bonds is 4. The number of nitrogens with zero attached hydrogens (tertiary/aromatic N) is 1. The SMILES string of the molecule is COC(=O)C=CC1CCC(c2ccc([N+](=O)[O-])cc2)CC1. The fraction of sp³-hybridized carbons (Fsp3) is 0.438. The Morgan fingerprint density at radius 2 is 1.86 bits per heavy atom. The van der Waals surface area contributed by atoms with E-state index in [1.807, 2.05) is 18.2 Å². The number of nitro benzene ring substituents is 1. The van der Waals surface area contributed by atoms with Crippen molar-refractivity contribution in [3.63, 3.8) is 0 Å². The third kappa shape index (κ3) is 4.15. The van der Waals surface area contributed by atoms with Gasteiger partial charge in [-0.1, -0.05) is 18.2 Å². The van der Waals surface area contributed by atoms with Crippen LogP contribution in [0.1, 0.15) is 37.2 Å². The van der Waals surface area contributed by atoms with Crippen LogP contribution in [0.15, 0.2) is 36.4 Å². The Balaban J connectivity index is 1.90. The van der Waals surface area contributed by atoms with Crippen LogP contribution in [0.5, 0.6) is 0 Å². The van der Waals surface area contributed by atoms with Gasteiger partial charge in [-0.05, 0) is 43.1 Å². The summed E-state index contributed by atoms with van der Waals surface area (Å²) in [6.45, 7) is 0. The summed E-state index contributed by atoms with van der Waals surface area (Å²) in [5.74, 6) is 0.555. The molecule has 0 saturated heterocycles. The number of ether oxygens (including phenoxy) is 1. The topological polar surface area (TPSA) is 69.4 Å². The average Bonchev–Trinajstić information content (AvgIpc) is 2.53. The van der Waals surface area contributed by atoms with Crippen LogP contribution in [0.2, 0.25) is 0 Å². The van der Waals surface area contributed by atoms with E-state index >= 15 is 0 Å². The van der Waals surface area contributed by atoms with E-state index in [2.05, 4.69) is 4.74 Å². The second kappa shape index (κ2) is 7.02. The van der Waals surface area contributed by atoms with Gasteiger partial charge in [-0.15, -0.1) is 0 Å². The molecular weight excluding hydrogens is 270 g/mol. The van der Waals surface area contributed by atoms with E-state index in [0.717, 1.165) is 31.2 Å². The minimum absolute atomic E-state index is 0.133. The molecule has 0 atom stereocenters. The second-order valence-electron chi connectivity index (χ2n) is 5.34. The molecule has 1 aromatic carbocycles. The summed E-state index contributed by atoms with van der Waals surface area (Å²) >= 11 is 0. The summed E-state index contributed by atoms with van der Waals surface area (Å²) in [6, 6.07) is 6.85. The molecular formula is C16H19NO4. The number of carbonyl (C=O) groups excluding carboxylic acids is 1. The Morgan fingerprint density at radius 1 is 1.24 bits per heavy atom. The lowest BCUT2D eigenvalue weighted by molar-refractivity contribution is -0.384. The molecule has 21 heavy (non-hydrogen) atoms. The number of allylic oxidation sites excluding steroid dienone is 1. The van der Waals surface area contributed by atoms with Crippen molar-refractivity contribution in [2.45, 2.75) is 31.6 Å². The number of nitro groups is 1. The van der Waals surface area contributed by atoms with Crippen molar-refractivity contribution in [2.24, 2.45) is 5.92 Å². The molecule has 1 saturated carbocycles. The van der Waals surface area contributed by atoms with Crippen molar-refractivity contribution in [3.8, 4) is 0 Å². The lowest BCUT2D eigenvalue weighted by Crippen LogP contribution is -2.12. The van der Waals surface area contributed by atoms with Crippen molar-refractivity contribution < 1.29 is 14.5 Å². The van der Waals surface area contributed by atoms with E-state index in [0.29, 0.717) is 11.8 Å². The highest BCUT2D eigenvalue weighted by Crippen LogP contribution is 2.36. The first kappa shape index (κ1) is 15.2. The number of hydrogen-bond donors (Lipinski definition) is 0. The van der Waals surface area contributed by atoms with Gasteiger partial charge in [0, 0.05) is 18.2 Å². The van der Waals surface area contributed by atoms with Gasteiger partial charge in [-0.25, -0.2) is 4.79 Å². The number of benzene rings is 1. The zero-order chi connectivity index (χ0) is 15.2. The summed E-state index contributed by atoms with van der Waals surface area (Å²) in [6.07, 6.45) is 7.54. The standard InChI is InChI=1S/C16H19NO4/c1-21-16(18)11-4-12-2-5-13(6-3-12)14-7-9-15(10-8-14)17(19)20/h4,7-13H,2-3,5-6H2,1H3. The Hall–Kier alpha value is -2.17. The molecule has 1 fully saturated rings. The third-order valence-corrected chi connectivity index (χ3v) is 4.05. The van der Waals surface area contributed by atoms with Crippen molar-refractivity contribution >= 4 is 11.7 Å². The molecule has 5 nitrogen and oxygen atoms in total. The fourth-order valence-electron chi connectivity index (χ4n) is 2.80. The average molecular weight is 289 g/mol. The van der Waals surface area contributed by atoms with Crippen LogP contribution in [-0.2, 0) is 9.53 Å². The maximum Gasteiger partial charge on any atom is 0.330 e. The first-order chi connectivity index (χ1) is 10.1. The quantitative estimate of drug-likeness (QED) is 0.367. The molecule has 0 N–H and O–H groups in total. The first-order valence-corrected chi connectivity index (χ1v) is 7.10. The zero-order valence-electron chi connectivity index (χ0n) is 12.0. The number of non-ortho nitro benzene ring substituents is 1. The van der Waals surface area contributed by atoms with Crippen LogP contribution in [0.3, 0.4) is 0 Å². The molecule has 1 aliphatic carbocycles. The fourth-order valence-corrected chi connectivity index (χ4v) is 2.80. The normalized spacial score (nSPS) is 22.1. The largest absolute Gasteiger partial charge is 0.466 e. The number of carbonyl (C=O) groups is 1. The van der Waals surface area contributed by atoms with Gasteiger partial charge in [-0.2, -0.15) is 0 Å². The zero-order valence-corrected chi connectivity index (χ0v) is 12.0. The second-order valence-corrected chi connectivity index (χ2v) is 5.34. The highest BCUT2D eigenvalue weighted by molar-refractivity contribution is 5.81. The number of methoxy groups -OCH3 is 1. The van der Waals surface area contributed by atoms with Gasteiger partial charge in [0.2, 0.25) is 0 Å². The van der Waals surface area contributed by atoms with E-state index in [4.69, 9.17) is 0 Å². The van der Waals surface area contributed by atoms with E-state index < -0.39 is 0 Å². The lowest BCUT2D eigenvalue weighted by Gasteiger charge is -2.26. The molecule has 0 spiro atoms. The minimum atomic E-state index is -0.377. The minimum Gasteiger partial charge on any atom is -0.466 e. The van der Waals surface area contributed by atoms with Crippen LogP contribution in [0, 0.1) is 16.0 Å². The van der Waals surface area contributed by atoms with Gasteiger partial charge in [0.1, 0.15) is 0 Å². The van der Waals surface area contributed by atoms with Gasteiger partial charge in [-0.3, -0.25) is 10.1 Å². The molecule has 0 aliphatic heterocycles. The monoisotopic (exact) mass is 289 g/mol. The van der Waals surface area contributed by atoms with Gasteiger partial charge >= 0.3 is 5.97 Å². The van der Waals surface area contributed by atoms with Crippen LogP contribution < -0.4 is 0 Å². The van der Waals surface area contributed by atoms with E-state index in [1.165, 1.54) is 13.2 Å². The van der Waals surface area contributed by atoms with Crippen LogP contribution in [-0.4, -0.2) is 18.0 Å². The lowest BCUT2D eigenvalue weighted by atomic mass is 9.78. The molecule has 112 valence electrons. The number of esters is 1. The summed E-state index contributed by atoms with van der Waals surface area (Å²) in [5, 5.41) is 10.6. The summed E-state index contributed by atoms with van der Waals surface area (Å²) in [4.78, 5) is 21.3. The molecule has 0 aromatic heterocycles. The molecule has 2 rings (SSSR count). The number of hydrogen-bond acceptors (Lipinski definition) is 4. The molecule has 0 unspecified atom stereocenters. The van der Waals surface area contributed by atoms with Crippen LogP contribution in [0.4, 0.5) is 5.69 Å². The van der Waals surface area contributed by atoms with Gasteiger partial charge in [0.15, 0.2) is 0 Å². The maximum absolute atomic E-state index is 11.1. The predicted octanol–water partition coefficient (Wildman–Crippen LogP) is 3.60. The van der Waals surface area contributed by atoms with Crippen molar-refractivity contribution in [1.29, 1.82) is 0 Å².